The summed E-state index contributed by atoms with van der Waals surface area (Å²) in [6.07, 6.45) is 0. The summed E-state index contributed by atoms with van der Waals surface area (Å²) in [5.74, 6) is 0. The summed E-state index contributed by atoms with van der Waals surface area (Å²) in [4.78, 5) is 0. The normalized spacial score (nSPS) is 10.9. The second-order valence-corrected chi connectivity index (χ2v) is 8.70. The molecule has 7 nitrogen and oxygen atoms in total. The number of rotatable bonds is 2. The van der Waals surface area contributed by atoms with Gasteiger partial charge in [0.2, 0.25) is 0 Å². The third-order valence-electron chi connectivity index (χ3n) is 2.99. The lowest BCUT2D eigenvalue weighted by molar-refractivity contribution is -0.107. The van der Waals surface area contributed by atoms with E-state index in [2.05, 4.69) is 13.1 Å². The third kappa shape index (κ3) is 36.0. The number of hydrogen-bond donors (Lipinski definition) is 7. The van der Waals surface area contributed by atoms with Crippen molar-refractivity contribution in [2.75, 3.05) is 0 Å². The van der Waals surface area contributed by atoms with Crippen molar-refractivity contribution in [1.29, 1.82) is 0 Å². The van der Waals surface area contributed by atoms with Gasteiger partial charge in [-0.3, -0.25) is 0 Å². The van der Waals surface area contributed by atoms with Crippen LogP contribution in [0, 0.1) is 0 Å². The Balaban J connectivity index is -0.0000000502. The average molecular weight is 386 g/mol. The molecule has 0 aromatic heterocycles. The molecule has 0 aliphatic carbocycles. The molecule has 0 radical (unpaired) electrons. The van der Waals surface area contributed by atoms with Crippen molar-refractivity contribution >= 4 is 33.7 Å². The van der Waals surface area contributed by atoms with Crippen LogP contribution >= 0.6 is 0 Å². The van der Waals surface area contributed by atoms with E-state index in [0.29, 0.717) is 9.52 Å². The molecule has 0 spiro atoms. The summed E-state index contributed by atoms with van der Waals surface area (Å²) in [6.45, 7) is 17.1. The van der Waals surface area contributed by atoms with E-state index < -0.39 is 29.7 Å². The van der Waals surface area contributed by atoms with Gasteiger partial charge in [0, 0.05) is 9.52 Å². The highest BCUT2D eigenvalue weighted by Crippen LogP contribution is 2.19. The van der Waals surface area contributed by atoms with E-state index in [1.807, 2.05) is 0 Å². The Hall–Kier alpha value is 0.132. The van der Waals surface area contributed by atoms with Gasteiger partial charge in [-0.25, -0.2) is 0 Å². The zero-order valence-electron chi connectivity index (χ0n) is 16.4. The van der Waals surface area contributed by atoms with Crippen LogP contribution in [0.4, 0.5) is 0 Å². The van der Waals surface area contributed by atoms with Crippen LogP contribution in [0.25, 0.3) is 0 Å². The molecule has 0 aliphatic heterocycles. The van der Waals surface area contributed by atoms with E-state index in [4.69, 9.17) is 35.5 Å². The quantitative estimate of drug-likeness (QED) is 0.249. The highest BCUT2D eigenvalue weighted by atomic mass is 28.2. The molecule has 11 heteroatoms. The minimum atomic E-state index is -2.17. The highest BCUT2D eigenvalue weighted by molar-refractivity contribution is 6.31. The van der Waals surface area contributed by atoms with Gasteiger partial charge in [0.1, 0.15) is 0 Å². The van der Waals surface area contributed by atoms with E-state index in [0.717, 1.165) is 0 Å². The van der Waals surface area contributed by atoms with Gasteiger partial charge in [0.25, 0.3) is 0 Å². The van der Waals surface area contributed by atoms with Gasteiger partial charge < -0.3 is 35.5 Å². The lowest BCUT2D eigenvalue weighted by atomic mass is 9.90. The number of hydrogen-bond acceptors (Lipinski definition) is 7. The predicted octanol–water partition coefficient (Wildman–Crippen LogP) is -3.11. The Bertz CT molecular complexity index is 217. The molecule has 156 valence electrons. The molecule has 0 rings (SSSR count). The Labute approximate surface area is 160 Å². The third-order valence-corrected chi connectivity index (χ3v) is 2.99. The van der Waals surface area contributed by atoms with Crippen molar-refractivity contribution < 1.29 is 35.5 Å². The molecule has 0 heterocycles. The van der Waals surface area contributed by atoms with Crippen molar-refractivity contribution in [3.63, 3.8) is 0 Å². The van der Waals surface area contributed by atoms with E-state index in [1.165, 1.54) is 0 Å². The minimum Gasteiger partial charge on any atom is -0.402 e. The van der Waals surface area contributed by atoms with Gasteiger partial charge in [0.15, 0.2) is 0 Å². The molecule has 0 unspecified atom stereocenters. The summed E-state index contributed by atoms with van der Waals surface area (Å²) in [5.41, 5.74) is -4.03. The first-order valence-corrected chi connectivity index (χ1v) is 10.4. The molecule has 7 N–H and O–H groups in total. The first-order chi connectivity index (χ1) is 9.65. The lowest BCUT2D eigenvalue weighted by Crippen LogP contribution is -2.44. The van der Waals surface area contributed by atoms with Crippen molar-refractivity contribution in [3.05, 3.63) is 0 Å². The molecule has 0 amide bonds. The Morgan fingerprint density at radius 1 is 0.520 bits per heavy atom. The smallest absolute Gasteiger partial charge is 0.402 e. The molecule has 0 aromatic carbocycles. The largest absolute Gasteiger partial charge is 0.631 e. The van der Waals surface area contributed by atoms with Crippen LogP contribution in [0.2, 0.25) is 13.1 Å². The molecular formula is C14H45B3O7Si. The zero-order chi connectivity index (χ0) is 20.3. The maximum absolute atomic E-state index is 9.10. The van der Waals surface area contributed by atoms with E-state index in [9.17, 15) is 0 Å². The predicted molar refractivity (Wildman–Crippen MR) is 118 cm³/mol. The van der Waals surface area contributed by atoms with E-state index in [1.54, 1.807) is 55.4 Å². The summed E-state index contributed by atoms with van der Waals surface area (Å²) in [7, 11) is -1.75. The lowest BCUT2D eigenvalue weighted by Gasteiger charge is -2.31. The van der Waals surface area contributed by atoms with Crippen LogP contribution in [-0.2, 0) is 0 Å². The van der Waals surface area contributed by atoms with Gasteiger partial charge in [-0.2, -0.15) is 0 Å². The van der Waals surface area contributed by atoms with Crippen LogP contribution in [-0.4, -0.2) is 91.6 Å². The second-order valence-electron chi connectivity index (χ2n) is 7.29. The van der Waals surface area contributed by atoms with Crippen LogP contribution in [0.3, 0.4) is 0 Å². The van der Waals surface area contributed by atoms with Crippen molar-refractivity contribution in [3.8, 4) is 0 Å². The van der Waals surface area contributed by atoms with Crippen molar-refractivity contribution in [2.24, 2.45) is 0 Å². The van der Waals surface area contributed by atoms with Gasteiger partial charge in [-0.15, -0.1) is 0 Å². The van der Waals surface area contributed by atoms with E-state index in [-0.39, 0.29) is 16.8 Å². The molecule has 0 aliphatic rings. The first kappa shape index (κ1) is 40.0. The Morgan fingerprint density at radius 2 is 0.560 bits per heavy atom. The van der Waals surface area contributed by atoms with Gasteiger partial charge >= 0.3 is 7.32 Å². The molecule has 0 saturated carbocycles. The summed E-state index contributed by atoms with van der Waals surface area (Å²) < 4.78 is 0. The van der Waals surface area contributed by atoms with Gasteiger partial charge in [-0.05, 0) is 55.4 Å². The fourth-order valence-corrected chi connectivity index (χ4v) is 0. The Kier molecular flexibility index (Phi) is 26.1. The van der Waals surface area contributed by atoms with Gasteiger partial charge in [0.05, 0.1) is 39.2 Å². The standard InChI is InChI=1S/2C6H14O2.C2H8Si.BH3O3.2BH3/c2*1-5(2,7)6(3,4)8;1-3-2;2-1(3)4;;/h2*7-8H,1-4H3;3H2,1-2H3;2-4H;2*1H3. The minimum absolute atomic E-state index is 0. The molecule has 0 atom stereocenters. The molecular weight excluding hydrogens is 341 g/mol. The van der Waals surface area contributed by atoms with Crippen LogP contribution in [0.1, 0.15) is 55.4 Å². The van der Waals surface area contributed by atoms with Crippen molar-refractivity contribution in [2.45, 2.75) is 90.9 Å². The average Bonchev–Trinajstić information content (AvgIpc) is 2.11. The second kappa shape index (κ2) is 16.3. The molecule has 0 aromatic rings. The molecule has 0 bridgehead atoms. The summed E-state index contributed by atoms with van der Waals surface area (Å²) in [6, 6.07) is 0. The first-order valence-electron chi connectivity index (χ1n) is 7.58. The van der Waals surface area contributed by atoms with Crippen LogP contribution in [0.15, 0.2) is 0 Å². The molecule has 0 saturated heterocycles. The van der Waals surface area contributed by atoms with Crippen LogP contribution < -0.4 is 0 Å². The monoisotopic (exact) mass is 386 g/mol. The maximum Gasteiger partial charge on any atom is 0.631 e. The Morgan fingerprint density at radius 3 is 0.560 bits per heavy atom. The topological polar surface area (TPSA) is 142 Å². The summed E-state index contributed by atoms with van der Waals surface area (Å²) in [5, 5.41) is 57.9. The summed E-state index contributed by atoms with van der Waals surface area (Å²) >= 11 is 0. The molecule has 25 heavy (non-hydrogen) atoms. The van der Waals surface area contributed by atoms with Gasteiger partial charge in [-0.1, -0.05) is 13.1 Å². The zero-order valence-corrected chi connectivity index (χ0v) is 17.8. The fraction of sp³-hybridized carbons (Fsp3) is 1.00. The van der Waals surface area contributed by atoms with Crippen molar-refractivity contribution in [1.82, 2.24) is 0 Å². The fourth-order valence-electron chi connectivity index (χ4n) is 0. The molecule has 0 fully saturated rings. The van der Waals surface area contributed by atoms with E-state index >= 15 is 0 Å². The number of aliphatic hydroxyl groups is 4. The van der Waals surface area contributed by atoms with Crippen LogP contribution in [0.5, 0.6) is 0 Å². The highest BCUT2D eigenvalue weighted by Gasteiger charge is 2.32. The maximum atomic E-state index is 9.10. The SMILES string of the molecule is B.B.CC(C)(O)C(C)(C)O.CC(C)(O)C(C)(C)O.C[SiH2]C.OB(O)O.